The normalized spacial score (nSPS) is 12.0. The van der Waals surface area contributed by atoms with E-state index in [1.54, 1.807) is 24.3 Å². The van der Waals surface area contributed by atoms with Gasteiger partial charge in [-0.15, -0.1) is 0 Å². The summed E-state index contributed by atoms with van der Waals surface area (Å²) in [5.74, 6) is 0.322. The van der Waals surface area contributed by atoms with E-state index in [0.717, 1.165) is 0 Å². The molecule has 1 unspecified atom stereocenters. The lowest BCUT2D eigenvalue weighted by molar-refractivity contribution is -0.385. The number of nitro groups is 1. The van der Waals surface area contributed by atoms with Crippen molar-refractivity contribution in [3.8, 4) is 11.5 Å². The zero-order valence-electron chi connectivity index (χ0n) is 11.3. The number of nitro benzene ring substituents is 1. The second-order valence-electron chi connectivity index (χ2n) is 4.41. The maximum Gasteiger partial charge on any atom is 0.313 e. The Balaban J connectivity index is 2.46. The molecule has 1 atom stereocenters. The molecule has 0 saturated carbocycles. The third-order valence-corrected chi connectivity index (χ3v) is 3.32. The number of hydrogen-bond acceptors (Lipinski definition) is 4. The van der Waals surface area contributed by atoms with Gasteiger partial charge in [0.15, 0.2) is 0 Å². The van der Waals surface area contributed by atoms with Crippen LogP contribution in [0, 0.1) is 10.1 Å². The summed E-state index contributed by atoms with van der Waals surface area (Å²) in [6.07, 6.45) is -0.201. The van der Waals surface area contributed by atoms with Crippen molar-refractivity contribution < 1.29 is 14.8 Å². The molecule has 5 nitrogen and oxygen atoms in total. The number of benzene rings is 2. The molecule has 1 N–H and O–H groups in total. The van der Waals surface area contributed by atoms with Gasteiger partial charge in [0.2, 0.25) is 5.75 Å². The minimum Gasteiger partial charge on any atom is -0.448 e. The minimum atomic E-state index is -0.706. The largest absolute Gasteiger partial charge is 0.448 e. The first kappa shape index (κ1) is 15.3. The van der Waals surface area contributed by atoms with Crippen molar-refractivity contribution in [3.63, 3.8) is 0 Å². The predicted molar refractivity (Wildman–Crippen MR) is 79.9 cm³/mol. The van der Waals surface area contributed by atoms with Gasteiger partial charge in [0.1, 0.15) is 5.75 Å². The third-order valence-electron chi connectivity index (χ3n) is 3.02. The highest BCUT2D eigenvalue weighted by Gasteiger charge is 2.21. The molecule has 0 radical (unpaired) electrons. The predicted octanol–water partition coefficient (Wildman–Crippen LogP) is 4.48. The number of halogens is 1. The maximum absolute atomic E-state index is 11.1. The fourth-order valence-corrected chi connectivity index (χ4v) is 2.13. The van der Waals surface area contributed by atoms with Crippen LogP contribution < -0.4 is 4.74 Å². The standard InChI is InChI=1S/C15H14ClNO4/c1-2-13(18)10-6-3-4-9-14(10)21-15-11(16)7-5-8-12(15)17(19)20/h3-9,13,18H,2H2,1H3. The van der Waals surface area contributed by atoms with E-state index >= 15 is 0 Å². The number of ether oxygens (including phenoxy) is 1. The molecule has 0 aliphatic carbocycles. The molecule has 2 aromatic carbocycles. The SMILES string of the molecule is CCC(O)c1ccccc1Oc1c(Cl)cccc1[N+](=O)[O-]. The molecule has 0 fully saturated rings. The van der Waals surface area contributed by atoms with Crippen LogP contribution in [-0.2, 0) is 0 Å². The third kappa shape index (κ3) is 3.32. The Morgan fingerprint density at radius 3 is 2.67 bits per heavy atom. The van der Waals surface area contributed by atoms with Crippen molar-refractivity contribution in [2.24, 2.45) is 0 Å². The summed E-state index contributed by atoms with van der Waals surface area (Å²) in [5.41, 5.74) is 0.345. The molecule has 110 valence electrons. The van der Waals surface area contributed by atoms with Crippen molar-refractivity contribution in [3.05, 3.63) is 63.2 Å². The van der Waals surface area contributed by atoms with Gasteiger partial charge in [-0.25, -0.2) is 0 Å². The monoisotopic (exact) mass is 307 g/mol. The zero-order chi connectivity index (χ0) is 15.4. The smallest absolute Gasteiger partial charge is 0.313 e. The van der Waals surface area contributed by atoms with Gasteiger partial charge in [-0.3, -0.25) is 10.1 Å². The number of aliphatic hydroxyl groups is 1. The van der Waals surface area contributed by atoms with Gasteiger partial charge in [0.05, 0.1) is 16.0 Å². The van der Waals surface area contributed by atoms with Crippen molar-refractivity contribution in [1.29, 1.82) is 0 Å². The first-order chi connectivity index (χ1) is 10.0. The van der Waals surface area contributed by atoms with Crippen molar-refractivity contribution >= 4 is 17.3 Å². The van der Waals surface area contributed by atoms with Crippen molar-refractivity contribution in [2.45, 2.75) is 19.4 Å². The van der Waals surface area contributed by atoms with Gasteiger partial charge in [-0.05, 0) is 18.6 Å². The van der Waals surface area contributed by atoms with E-state index in [9.17, 15) is 15.2 Å². The Labute approximate surface area is 126 Å². The molecule has 0 spiro atoms. The summed E-state index contributed by atoms with van der Waals surface area (Å²) in [5, 5.41) is 21.2. The second kappa shape index (κ2) is 6.56. The van der Waals surface area contributed by atoms with Crippen LogP contribution in [-0.4, -0.2) is 10.0 Å². The van der Waals surface area contributed by atoms with Gasteiger partial charge >= 0.3 is 5.69 Å². The van der Waals surface area contributed by atoms with Crippen LogP contribution in [0.15, 0.2) is 42.5 Å². The van der Waals surface area contributed by atoms with Gasteiger partial charge < -0.3 is 9.84 Å². The molecule has 2 rings (SSSR count). The van der Waals surface area contributed by atoms with Gasteiger partial charge in [0.25, 0.3) is 0 Å². The highest BCUT2D eigenvalue weighted by atomic mass is 35.5. The van der Waals surface area contributed by atoms with Crippen LogP contribution in [0.5, 0.6) is 11.5 Å². The summed E-state index contributed by atoms with van der Waals surface area (Å²) >= 11 is 6.00. The molecule has 0 heterocycles. The molecule has 0 saturated heterocycles. The van der Waals surface area contributed by atoms with Crippen molar-refractivity contribution in [1.82, 2.24) is 0 Å². The molecule has 2 aromatic rings. The van der Waals surface area contributed by atoms with E-state index in [1.165, 1.54) is 18.2 Å². The Morgan fingerprint density at radius 1 is 1.29 bits per heavy atom. The van der Waals surface area contributed by atoms with E-state index in [-0.39, 0.29) is 16.5 Å². The topological polar surface area (TPSA) is 72.6 Å². The van der Waals surface area contributed by atoms with E-state index in [1.807, 2.05) is 6.92 Å². The molecule has 0 aliphatic rings. The van der Waals surface area contributed by atoms with E-state index in [4.69, 9.17) is 16.3 Å². The molecular formula is C15H14ClNO4. The Morgan fingerprint density at radius 2 is 2.00 bits per heavy atom. The average molecular weight is 308 g/mol. The number of aliphatic hydroxyl groups excluding tert-OH is 1. The second-order valence-corrected chi connectivity index (χ2v) is 4.82. The quantitative estimate of drug-likeness (QED) is 0.652. The van der Waals surface area contributed by atoms with Crippen LogP contribution in [0.2, 0.25) is 5.02 Å². The highest BCUT2D eigenvalue weighted by Crippen LogP contribution is 2.40. The Hall–Kier alpha value is -2.11. The summed E-state index contributed by atoms with van der Waals surface area (Å²) in [7, 11) is 0. The minimum absolute atomic E-state index is 0.0279. The van der Waals surface area contributed by atoms with E-state index in [0.29, 0.717) is 17.7 Å². The zero-order valence-corrected chi connectivity index (χ0v) is 12.1. The molecule has 0 bridgehead atoms. The van der Waals surface area contributed by atoms with Crippen LogP contribution in [0.4, 0.5) is 5.69 Å². The number of hydrogen-bond donors (Lipinski definition) is 1. The number of para-hydroxylation sites is 2. The fraction of sp³-hybridized carbons (Fsp3) is 0.200. The van der Waals surface area contributed by atoms with Crippen LogP contribution in [0.1, 0.15) is 25.0 Å². The number of rotatable bonds is 5. The van der Waals surface area contributed by atoms with E-state index < -0.39 is 11.0 Å². The Kier molecular flexibility index (Phi) is 4.77. The average Bonchev–Trinajstić information content (AvgIpc) is 2.48. The summed E-state index contributed by atoms with van der Waals surface area (Å²) < 4.78 is 5.62. The van der Waals surface area contributed by atoms with Crippen LogP contribution in [0.25, 0.3) is 0 Å². The first-order valence-corrected chi connectivity index (χ1v) is 6.80. The summed E-state index contributed by atoms with van der Waals surface area (Å²) in [4.78, 5) is 10.5. The lowest BCUT2D eigenvalue weighted by Crippen LogP contribution is -2.00. The first-order valence-electron chi connectivity index (χ1n) is 6.42. The molecule has 0 amide bonds. The molecule has 0 aromatic heterocycles. The lowest BCUT2D eigenvalue weighted by atomic mass is 10.1. The Bertz CT molecular complexity index is 660. The summed E-state index contributed by atoms with van der Waals surface area (Å²) in [6, 6.07) is 11.2. The van der Waals surface area contributed by atoms with Crippen LogP contribution in [0.3, 0.4) is 0 Å². The van der Waals surface area contributed by atoms with Gasteiger partial charge in [0, 0.05) is 11.6 Å². The lowest BCUT2D eigenvalue weighted by Gasteiger charge is -2.15. The fourth-order valence-electron chi connectivity index (χ4n) is 1.92. The number of nitrogens with zero attached hydrogens (tertiary/aromatic N) is 1. The maximum atomic E-state index is 11.1. The molecular weight excluding hydrogens is 294 g/mol. The van der Waals surface area contributed by atoms with Gasteiger partial charge in [-0.1, -0.05) is 42.8 Å². The van der Waals surface area contributed by atoms with Crippen molar-refractivity contribution in [2.75, 3.05) is 0 Å². The molecule has 21 heavy (non-hydrogen) atoms. The highest BCUT2D eigenvalue weighted by molar-refractivity contribution is 6.32. The van der Waals surface area contributed by atoms with Crippen LogP contribution >= 0.6 is 11.6 Å². The summed E-state index contributed by atoms with van der Waals surface area (Å²) in [6.45, 7) is 1.83. The molecule has 6 heteroatoms. The molecule has 0 aliphatic heterocycles. The van der Waals surface area contributed by atoms with Gasteiger partial charge in [-0.2, -0.15) is 0 Å². The van der Waals surface area contributed by atoms with E-state index in [2.05, 4.69) is 0 Å².